The van der Waals surface area contributed by atoms with Crippen molar-refractivity contribution in [1.29, 1.82) is 0 Å². The first-order valence-electron chi connectivity index (χ1n) is 10.8. The number of methoxy groups -OCH3 is 1. The van der Waals surface area contributed by atoms with Crippen molar-refractivity contribution in [3.8, 4) is 5.75 Å². The topological polar surface area (TPSA) is 114 Å². The Kier molecular flexibility index (Phi) is 7.85. The zero-order valence-electron chi connectivity index (χ0n) is 19.7. The normalized spacial score (nSPS) is 15.0. The number of anilines is 1. The molecule has 180 valence electrons. The van der Waals surface area contributed by atoms with Crippen molar-refractivity contribution in [1.82, 2.24) is 10.2 Å². The highest BCUT2D eigenvalue weighted by atomic mass is 28.3. The van der Waals surface area contributed by atoms with Crippen molar-refractivity contribution in [3.05, 3.63) is 54.1 Å². The number of amides is 4. The second-order valence-electron chi connectivity index (χ2n) is 8.96. The van der Waals surface area contributed by atoms with Gasteiger partial charge in [-0.3, -0.25) is 24.1 Å². The average Bonchev–Trinajstić information content (AvgIpc) is 2.80. The molecule has 34 heavy (non-hydrogen) atoms. The van der Waals surface area contributed by atoms with Crippen LogP contribution in [0.15, 0.2) is 48.5 Å². The van der Waals surface area contributed by atoms with Gasteiger partial charge >= 0.3 is 0 Å². The van der Waals surface area contributed by atoms with Gasteiger partial charge in [-0.2, -0.15) is 0 Å². The van der Waals surface area contributed by atoms with E-state index in [4.69, 9.17) is 9.47 Å². The fourth-order valence-corrected chi connectivity index (χ4v) is 4.58. The van der Waals surface area contributed by atoms with Crippen LogP contribution in [0.4, 0.5) is 5.69 Å². The highest BCUT2D eigenvalue weighted by Gasteiger charge is 2.30. The summed E-state index contributed by atoms with van der Waals surface area (Å²) in [6.45, 7) is 5.68. The summed E-state index contributed by atoms with van der Waals surface area (Å²) >= 11 is 0. The Balaban J connectivity index is 1.78. The minimum Gasteiger partial charge on any atom is -0.497 e. The van der Waals surface area contributed by atoms with Crippen LogP contribution in [-0.4, -0.2) is 63.5 Å². The molecular formula is C24H29N3O6Si. The van der Waals surface area contributed by atoms with Gasteiger partial charge in [0.2, 0.25) is 5.91 Å². The standard InChI is InChI=1S/C24H29N3O6Si/c1-32-18-9-5-16(6-10-18)23(26-20(28)13-27-21(29)14-33-15-22(27)30)24(31)25-17-7-11-19(12-8-17)34(2,3)4/h5-12,23H,13-15H2,1-4H3,(H,25,31)(H,26,28). The Morgan fingerprint density at radius 2 is 1.59 bits per heavy atom. The Morgan fingerprint density at radius 3 is 2.12 bits per heavy atom. The number of benzene rings is 2. The second kappa shape index (κ2) is 10.6. The number of carbonyl (C=O) groups excluding carboxylic acids is 4. The summed E-state index contributed by atoms with van der Waals surface area (Å²) in [6, 6.07) is 13.3. The lowest BCUT2D eigenvalue weighted by atomic mass is 10.1. The van der Waals surface area contributed by atoms with Crippen LogP contribution in [-0.2, 0) is 23.9 Å². The first-order valence-corrected chi connectivity index (χ1v) is 14.3. The van der Waals surface area contributed by atoms with Gasteiger partial charge in [-0.25, -0.2) is 0 Å². The van der Waals surface area contributed by atoms with Gasteiger partial charge in [-0.1, -0.05) is 49.1 Å². The lowest BCUT2D eigenvalue weighted by molar-refractivity contribution is -0.160. The third kappa shape index (κ3) is 6.30. The summed E-state index contributed by atoms with van der Waals surface area (Å²) in [7, 11) is 0.0446. The molecule has 2 aromatic rings. The summed E-state index contributed by atoms with van der Waals surface area (Å²) in [4.78, 5) is 50.6. The number of nitrogens with zero attached hydrogens (tertiary/aromatic N) is 1. The molecule has 1 unspecified atom stereocenters. The molecule has 1 heterocycles. The van der Waals surface area contributed by atoms with Crippen LogP contribution in [0.1, 0.15) is 11.6 Å². The minimum atomic E-state index is -1.48. The molecule has 0 aliphatic carbocycles. The van der Waals surface area contributed by atoms with Crippen LogP contribution in [0.25, 0.3) is 0 Å². The van der Waals surface area contributed by atoms with Crippen LogP contribution in [0, 0.1) is 0 Å². The summed E-state index contributed by atoms with van der Waals surface area (Å²) in [5, 5.41) is 6.74. The van der Waals surface area contributed by atoms with Crippen molar-refractivity contribution in [3.63, 3.8) is 0 Å². The maximum atomic E-state index is 13.2. The summed E-state index contributed by atoms with van der Waals surface area (Å²) in [5.41, 5.74) is 1.11. The number of hydrogen-bond donors (Lipinski definition) is 2. The predicted molar refractivity (Wildman–Crippen MR) is 129 cm³/mol. The molecule has 1 fully saturated rings. The fraction of sp³-hybridized carbons (Fsp3) is 0.333. The maximum absolute atomic E-state index is 13.2. The summed E-state index contributed by atoms with van der Waals surface area (Å²) in [5.74, 6) is -1.70. The number of nitrogens with one attached hydrogen (secondary N) is 2. The lowest BCUT2D eigenvalue weighted by Gasteiger charge is -2.26. The first kappa shape index (κ1) is 25.1. The van der Waals surface area contributed by atoms with Crippen molar-refractivity contribution >= 4 is 42.6 Å². The van der Waals surface area contributed by atoms with Crippen LogP contribution < -0.4 is 20.6 Å². The van der Waals surface area contributed by atoms with Crippen LogP contribution >= 0.6 is 0 Å². The van der Waals surface area contributed by atoms with E-state index in [1.54, 1.807) is 24.3 Å². The molecule has 0 bridgehead atoms. The third-order valence-electron chi connectivity index (χ3n) is 5.39. The average molecular weight is 484 g/mol. The zero-order valence-corrected chi connectivity index (χ0v) is 20.7. The number of ether oxygens (including phenoxy) is 2. The van der Waals surface area contributed by atoms with Crippen LogP contribution in [0.3, 0.4) is 0 Å². The van der Waals surface area contributed by atoms with Gasteiger partial charge < -0.3 is 20.1 Å². The van der Waals surface area contributed by atoms with Crippen molar-refractivity contribution in [2.45, 2.75) is 25.7 Å². The van der Waals surface area contributed by atoms with Crippen molar-refractivity contribution in [2.75, 3.05) is 32.2 Å². The Hall–Kier alpha value is -3.50. The quantitative estimate of drug-likeness (QED) is 0.434. The van der Waals surface area contributed by atoms with Gasteiger partial charge in [-0.15, -0.1) is 0 Å². The molecule has 0 aromatic heterocycles. The molecule has 1 saturated heterocycles. The Bertz CT molecular complexity index is 1050. The monoisotopic (exact) mass is 483 g/mol. The fourth-order valence-electron chi connectivity index (χ4n) is 3.41. The van der Waals surface area contributed by atoms with Gasteiger partial charge in [0.1, 0.15) is 31.5 Å². The van der Waals surface area contributed by atoms with E-state index < -0.39 is 44.3 Å². The molecule has 1 aliphatic heterocycles. The molecule has 3 rings (SSSR count). The van der Waals surface area contributed by atoms with Crippen molar-refractivity contribution in [2.24, 2.45) is 0 Å². The van der Waals surface area contributed by atoms with Gasteiger partial charge in [0.25, 0.3) is 17.7 Å². The van der Waals surface area contributed by atoms with Gasteiger partial charge in [0.15, 0.2) is 0 Å². The molecule has 4 amide bonds. The van der Waals surface area contributed by atoms with E-state index >= 15 is 0 Å². The highest BCUT2D eigenvalue weighted by molar-refractivity contribution is 6.88. The summed E-state index contributed by atoms with van der Waals surface area (Å²) < 4.78 is 10.0. The largest absolute Gasteiger partial charge is 0.497 e. The van der Waals surface area contributed by atoms with Crippen LogP contribution in [0.2, 0.25) is 19.6 Å². The molecule has 1 atom stereocenters. The molecule has 0 saturated carbocycles. The van der Waals surface area contributed by atoms with E-state index in [2.05, 4.69) is 30.3 Å². The molecular weight excluding hydrogens is 454 g/mol. The van der Waals surface area contributed by atoms with Gasteiger partial charge in [-0.05, 0) is 29.8 Å². The highest BCUT2D eigenvalue weighted by Crippen LogP contribution is 2.20. The molecule has 0 radical (unpaired) electrons. The SMILES string of the molecule is COc1ccc(C(NC(=O)CN2C(=O)COCC2=O)C(=O)Nc2ccc([Si](C)(C)C)cc2)cc1. The molecule has 2 N–H and O–H groups in total. The number of hydrogen-bond acceptors (Lipinski definition) is 6. The van der Waals surface area contributed by atoms with E-state index in [9.17, 15) is 19.2 Å². The first-order chi connectivity index (χ1) is 16.1. The van der Waals surface area contributed by atoms with Crippen LogP contribution in [0.5, 0.6) is 5.75 Å². The predicted octanol–water partition coefficient (Wildman–Crippen LogP) is 1.42. The lowest BCUT2D eigenvalue weighted by Crippen LogP contribution is -2.51. The number of imide groups is 1. The Morgan fingerprint density at radius 1 is 1.00 bits per heavy atom. The van der Waals surface area contributed by atoms with Crippen molar-refractivity contribution < 1.29 is 28.7 Å². The van der Waals surface area contributed by atoms with E-state index in [1.165, 1.54) is 12.3 Å². The van der Waals surface area contributed by atoms with E-state index in [0.717, 1.165) is 4.90 Å². The van der Waals surface area contributed by atoms with E-state index in [-0.39, 0.29) is 13.2 Å². The molecule has 9 nitrogen and oxygen atoms in total. The Labute approximate surface area is 199 Å². The third-order valence-corrected chi connectivity index (χ3v) is 7.46. The number of morpholine rings is 1. The number of rotatable bonds is 8. The van der Waals surface area contributed by atoms with Gasteiger partial charge in [0.05, 0.1) is 15.2 Å². The molecule has 1 aliphatic rings. The zero-order chi connectivity index (χ0) is 24.9. The molecule has 10 heteroatoms. The van der Waals surface area contributed by atoms with E-state index in [1.807, 2.05) is 24.3 Å². The second-order valence-corrected chi connectivity index (χ2v) is 14.0. The smallest absolute Gasteiger partial charge is 0.255 e. The molecule has 0 spiro atoms. The van der Waals surface area contributed by atoms with E-state index in [0.29, 0.717) is 17.0 Å². The minimum absolute atomic E-state index is 0.269. The molecule has 2 aromatic carbocycles. The number of carbonyl (C=O) groups is 4. The summed E-state index contributed by atoms with van der Waals surface area (Å²) in [6.07, 6.45) is 0. The van der Waals surface area contributed by atoms with Gasteiger partial charge in [0, 0.05) is 5.69 Å². The maximum Gasteiger partial charge on any atom is 0.255 e.